The van der Waals surface area contributed by atoms with E-state index in [-0.39, 0.29) is 0 Å². The number of carbonyl (C=O) groups excluding carboxylic acids is 1. The van der Waals surface area contributed by atoms with Crippen LogP contribution >= 0.6 is 11.3 Å². The maximum atomic E-state index is 11.1. The van der Waals surface area contributed by atoms with Crippen molar-refractivity contribution in [3.05, 3.63) is 61.2 Å². The van der Waals surface area contributed by atoms with Crippen molar-refractivity contribution in [2.45, 2.75) is 0 Å². The fourth-order valence-corrected chi connectivity index (χ4v) is 2.79. The molecule has 0 aliphatic heterocycles. The Balaban J connectivity index is 1.90. The number of fused-ring (bicyclic) bond motifs is 1. The Morgan fingerprint density at radius 1 is 1.15 bits per heavy atom. The van der Waals surface area contributed by atoms with E-state index < -0.39 is 5.97 Å². The first-order valence-corrected chi connectivity index (χ1v) is 6.88. The van der Waals surface area contributed by atoms with E-state index in [2.05, 4.69) is 17.6 Å². The quantitative estimate of drug-likeness (QED) is 0.413. The van der Waals surface area contributed by atoms with E-state index >= 15 is 0 Å². The minimum Gasteiger partial charge on any atom is -0.423 e. The summed E-state index contributed by atoms with van der Waals surface area (Å²) in [6, 6.07) is 15.3. The zero-order valence-electron chi connectivity index (χ0n) is 10.6. The summed E-state index contributed by atoms with van der Waals surface area (Å²) < 4.78 is 6.20. The number of nitrogens with zero attached hydrogens (tertiary/aromatic N) is 1. The Morgan fingerprint density at radius 3 is 2.60 bits per heavy atom. The van der Waals surface area contributed by atoms with Crippen LogP contribution in [0.25, 0.3) is 20.8 Å². The van der Waals surface area contributed by atoms with Gasteiger partial charge in [-0.25, -0.2) is 9.78 Å². The Kier molecular flexibility index (Phi) is 3.31. The molecule has 0 saturated carbocycles. The second-order valence-corrected chi connectivity index (χ2v) is 5.17. The van der Waals surface area contributed by atoms with Gasteiger partial charge >= 0.3 is 5.97 Å². The molecule has 3 rings (SSSR count). The van der Waals surface area contributed by atoms with E-state index in [1.807, 2.05) is 30.3 Å². The van der Waals surface area contributed by atoms with Crippen LogP contribution in [0.3, 0.4) is 0 Å². The van der Waals surface area contributed by atoms with E-state index in [1.165, 1.54) is 0 Å². The number of benzene rings is 2. The number of rotatable bonds is 3. The van der Waals surface area contributed by atoms with Gasteiger partial charge in [0.1, 0.15) is 10.8 Å². The maximum Gasteiger partial charge on any atom is 0.335 e. The number of hydrogen-bond donors (Lipinski definition) is 0. The summed E-state index contributed by atoms with van der Waals surface area (Å²) in [6.45, 7) is 3.36. The molecule has 0 radical (unpaired) electrons. The van der Waals surface area contributed by atoms with E-state index in [4.69, 9.17) is 4.74 Å². The molecule has 3 nitrogen and oxygen atoms in total. The zero-order valence-corrected chi connectivity index (χ0v) is 11.4. The van der Waals surface area contributed by atoms with Crippen LogP contribution in [0.4, 0.5) is 0 Å². The van der Waals surface area contributed by atoms with Crippen LogP contribution in [0.1, 0.15) is 0 Å². The molecule has 0 bridgehead atoms. The summed E-state index contributed by atoms with van der Waals surface area (Å²) in [4.78, 5) is 15.7. The Bertz CT molecular complexity index is 742. The van der Waals surface area contributed by atoms with Crippen LogP contribution in [0.5, 0.6) is 5.75 Å². The molecule has 2 aromatic carbocycles. The standard InChI is InChI=1S/C16H11NO2S/c1-2-15(18)19-12-9-7-11(8-10-12)16-17-13-5-3-4-6-14(13)20-16/h2-10H,1H2. The average molecular weight is 281 g/mol. The first-order valence-electron chi connectivity index (χ1n) is 6.06. The Labute approximate surface area is 120 Å². The highest BCUT2D eigenvalue weighted by atomic mass is 32.1. The normalized spacial score (nSPS) is 10.4. The topological polar surface area (TPSA) is 39.2 Å². The summed E-state index contributed by atoms with van der Waals surface area (Å²) in [5.41, 5.74) is 2.00. The molecule has 0 amide bonds. The van der Waals surface area contributed by atoms with Crippen LogP contribution in [0.2, 0.25) is 0 Å². The van der Waals surface area contributed by atoms with Crippen molar-refractivity contribution in [3.63, 3.8) is 0 Å². The highest BCUT2D eigenvalue weighted by Crippen LogP contribution is 2.30. The van der Waals surface area contributed by atoms with Crippen molar-refractivity contribution in [2.24, 2.45) is 0 Å². The van der Waals surface area contributed by atoms with Crippen LogP contribution in [0, 0.1) is 0 Å². The van der Waals surface area contributed by atoms with Crippen molar-refractivity contribution in [1.82, 2.24) is 4.98 Å². The Morgan fingerprint density at radius 2 is 1.90 bits per heavy atom. The number of hydrogen-bond acceptors (Lipinski definition) is 4. The third-order valence-electron chi connectivity index (χ3n) is 2.78. The van der Waals surface area contributed by atoms with E-state index in [9.17, 15) is 4.79 Å². The summed E-state index contributed by atoms with van der Waals surface area (Å²) >= 11 is 1.64. The fraction of sp³-hybridized carbons (Fsp3) is 0. The minimum absolute atomic E-state index is 0.460. The number of thiazole rings is 1. The lowest BCUT2D eigenvalue weighted by atomic mass is 10.2. The van der Waals surface area contributed by atoms with Gasteiger partial charge in [-0.05, 0) is 36.4 Å². The number of aromatic nitrogens is 1. The molecule has 20 heavy (non-hydrogen) atoms. The molecule has 1 heterocycles. The molecule has 0 N–H and O–H groups in total. The van der Waals surface area contributed by atoms with Crippen LogP contribution in [-0.4, -0.2) is 11.0 Å². The van der Waals surface area contributed by atoms with Crippen LogP contribution < -0.4 is 4.74 Å². The van der Waals surface area contributed by atoms with Crippen molar-refractivity contribution >= 4 is 27.5 Å². The summed E-state index contributed by atoms with van der Waals surface area (Å²) in [5.74, 6) is 0.0394. The third kappa shape index (κ3) is 2.46. The van der Waals surface area contributed by atoms with E-state index in [0.29, 0.717) is 5.75 Å². The van der Waals surface area contributed by atoms with Crippen molar-refractivity contribution in [1.29, 1.82) is 0 Å². The smallest absolute Gasteiger partial charge is 0.335 e. The summed E-state index contributed by atoms with van der Waals surface area (Å²) in [5, 5.41) is 0.952. The molecule has 0 aliphatic rings. The zero-order chi connectivity index (χ0) is 13.9. The van der Waals surface area contributed by atoms with Gasteiger partial charge in [0, 0.05) is 11.6 Å². The molecular weight excluding hydrogens is 270 g/mol. The minimum atomic E-state index is -0.460. The van der Waals surface area contributed by atoms with Crippen LogP contribution in [0.15, 0.2) is 61.2 Å². The molecule has 0 aliphatic carbocycles. The highest BCUT2D eigenvalue weighted by molar-refractivity contribution is 7.21. The molecule has 3 aromatic rings. The fourth-order valence-electron chi connectivity index (χ4n) is 1.82. The maximum absolute atomic E-state index is 11.1. The van der Waals surface area contributed by atoms with E-state index in [0.717, 1.165) is 26.9 Å². The number of para-hydroxylation sites is 1. The summed E-state index contributed by atoms with van der Waals surface area (Å²) in [7, 11) is 0. The van der Waals surface area contributed by atoms with Gasteiger partial charge in [0.25, 0.3) is 0 Å². The third-order valence-corrected chi connectivity index (χ3v) is 3.87. The molecule has 1 aromatic heterocycles. The van der Waals surface area contributed by atoms with E-state index in [1.54, 1.807) is 23.5 Å². The van der Waals surface area contributed by atoms with Gasteiger partial charge in [-0.1, -0.05) is 18.7 Å². The second kappa shape index (κ2) is 5.27. The monoisotopic (exact) mass is 281 g/mol. The number of esters is 1. The SMILES string of the molecule is C=CC(=O)Oc1ccc(-c2nc3ccccc3s2)cc1. The molecule has 0 spiro atoms. The van der Waals surface area contributed by atoms with Gasteiger partial charge in [0.15, 0.2) is 0 Å². The molecule has 0 unspecified atom stereocenters. The van der Waals surface area contributed by atoms with Gasteiger partial charge < -0.3 is 4.74 Å². The highest BCUT2D eigenvalue weighted by Gasteiger charge is 2.06. The van der Waals surface area contributed by atoms with Crippen molar-refractivity contribution in [2.75, 3.05) is 0 Å². The Hall–Kier alpha value is -2.46. The second-order valence-electron chi connectivity index (χ2n) is 4.14. The molecule has 4 heteroatoms. The lowest BCUT2D eigenvalue weighted by molar-refractivity contribution is -0.128. The number of ether oxygens (including phenoxy) is 1. The van der Waals surface area contributed by atoms with Gasteiger partial charge in [0.05, 0.1) is 10.2 Å². The average Bonchev–Trinajstić information content (AvgIpc) is 2.91. The van der Waals surface area contributed by atoms with Gasteiger partial charge in [-0.2, -0.15) is 0 Å². The van der Waals surface area contributed by atoms with Crippen molar-refractivity contribution < 1.29 is 9.53 Å². The van der Waals surface area contributed by atoms with Gasteiger partial charge in [0.2, 0.25) is 0 Å². The summed E-state index contributed by atoms with van der Waals surface area (Å²) in [6.07, 6.45) is 1.14. The lowest BCUT2D eigenvalue weighted by Gasteiger charge is -2.01. The lowest BCUT2D eigenvalue weighted by Crippen LogP contribution is -2.02. The first kappa shape index (κ1) is 12.6. The van der Waals surface area contributed by atoms with Crippen LogP contribution in [-0.2, 0) is 4.79 Å². The van der Waals surface area contributed by atoms with Crippen molar-refractivity contribution in [3.8, 4) is 16.3 Å². The predicted octanol–water partition coefficient (Wildman–Crippen LogP) is 4.05. The molecule has 0 fully saturated rings. The largest absolute Gasteiger partial charge is 0.423 e. The molecule has 0 saturated heterocycles. The molecular formula is C16H11NO2S. The first-order chi connectivity index (χ1) is 9.76. The molecule has 98 valence electrons. The predicted molar refractivity (Wildman–Crippen MR) is 80.9 cm³/mol. The molecule has 0 atom stereocenters. The van der Waals surface area contributed by atoms with Gasteiger partial charge in [-0.15, -0.1) is 11.3 Å². The van der Waals surface area contributed by atoms with Gasteiger partial charge in [-0.3, -0.25) is 0 Å². The number of carbonyl (C=O) groups is 1.